The first-order valence-electron chi connectivity index (χ1n) is 9.87. The highest BCUT2D eigenvalue weighted by atomic mass is 16.5. The Bertz CT molecular complexity index is 1070. The van der Waals surface area contributed by atoms with Gasteiger partial charge in [0.2, 0.25) is 0 Å². The molecule has 3 heterocycles. The number of fused-ring (bicyclic) bond motifs is 2. The Morgan fingerprint density at radius 3 is 2.62 bits per heavy atom. The number of imidazole rings is 1. The van der Waals surface area contributed by atoms with Crippen molar-refractivity contribution in [3.8, 4) is 0 Å². The van der Waals surface area contributed by atoms with Crippen molar-refractivity contribution in [2.75, 3.05) is 20.2 Å². The minimum absolute atomic E-state index is 0.0371. The van der Waals surface area contributed by atoms with Crippen molar-refractivity contribution >= 4 is 23.0 Å². The molecule has 7 nitrogen and oxygen atoms in total. The fourth-order valence-electron chi connectivity index (χ4n) is 4.48. The summed E-state index contributed by atoms with van der Waals surface area (Å²) in [5, 5.41) is 0. The number of amides is 1. The lowest BCUT2D eigenvalue weighted by molar-refractivity contribution is -0.143. The van der Waals surface area contributed by atoms with Gasteiger partial charge in [0.05, 0.1) is 24.9 Å². The van der Waals surface area contributed by atoms with E-state index in [9.17, 15) is 9.59 Å². The van der Waals surface area contributed by atoms with Gasteiger partial charge in [-0.3, -0.25) is 9.59 Å². The molecule has 1 aromatic carbocycles. The largest absolute Gasteiger partial charge is 0.469 e. The molecule has 2 aromatic heterocycles. The molecule has 148 valence electrons. The molecule has 3 atom stereocenters. The summed E-state index contributed by atoms with van der Waals surface area (Å²) < 4.78 is 6.84. The normalized spacial score (nSPS) is 22.5. The third-order valence-corrected chi connectivity index (χ3v) is 6.14. The van der Waals surface area contributed by atoms with E-state index in [2.05, 4.69) is 22.1 Å². The van der Waals surface area contributed by atoms with Crippen molar-refractivity contribution in [2.45, 2.75) is 13.0 Å². The minimum Gasteiger partial charge on any atom is -0.469 e. The topological polar surface area (TPSA) is 77.3 Å². The SMILES string of the molecule is COC(=O)C1[C@H]2CN(C(=O)c3cnc4c(c3)ncn4CCc3ccccc3)C[C@@H]12. The Morgan fingerprint density at radius 1 is 1.14 bits per heavy atom. The highest BCUT2D eigenvalue weighted by molar-refractivity contribution is 5.97. The van der Waals surface area contributed by atoms with Crippen LogP contribution in [0.3, 0.4) is 0 Å². The summed E-state index contributed by atoms with van der Waals surface area (Å²) in [6.07, 6.45) is 4.31. The van der Waals surface area contributed by atoms with Crippen LogP contribution in [0.4, 0.5) is 0 Å². The number of hydrogen-bond donors (Lipinski definition) is 0. The maximum absolute atomic E-state index is 12.9. The van der Waals surface area contributed by atoms with Gasteiger partial charge in [0.15, 0.2) is 5.65 Å². The predicted molar refractivity (Wildman–Crippen MR) is 106 cm³/mol. The van der Waals surface area contributed by atoms with Gasteiger partial charge in [-0.05, 0) is 29.9 Å². The van der Waals surface area contributed by atoms with E-state index >= 15 is 0 Å². The lowest BCUT2D eigenvalue weighted by atomic mass is 10.1. The fourth-order valence-corrected chi connectivity index (χ4v) is 4.48. The molecule has 1 unspecified atom stereocenters. The Kier molecular flexibility index (Phi) is 4.30. The van der Waals surface area contributed by atoms with Crippen molar-refractivity contribution < 1.29 is 14.3 Å². The quantitative estimate of drug-likeness (QED) is 0.624. The van der Waals surface area contributed by atoms with Gasteiger partial charge >= 0.3 is 5.97 Å². The molecule has 0 bridgehead atoms. The molecule has 3 aromatic rings. The van der Waals surface area contributed by atoms with Gasteiger partial charge in [0.25, 0.3) is 5.91 Å². The molecule has 7 heteroatoms. The monoisotopic (exact) mass is 390 g/mol. The average Bonchev–Trinajstić information content (AvgIpc) is 3.09. The number of piperidine rings is 1. The third-order valence-electron chi connectivity index (χ3n) is 6.14. The van der Waals surface area contributed by atoms with Crippen molar-refractivity contribution in [3.63, 3.8) is 0 Å². The summed E-state index contributed by atoms with van der Waals surface area (Å²) in [6, 6.07) is 12.1. The van der Waals surface area contributed by atoms with E-state index in [1.165, 1.54) is 12.7 Å². The van der Waals surface area contributed by atoms with Crippen molar-refractivity contribution in [3.05, 3.63) is 60.0 Å². The number of carbonyl (C=O) groups excluding carboxylic acids is 2. The predicted octanol–water partition coefficient (Wildman–Crippen LogP) is 2.16. The summed E-state index contributed by atoms with van der Waals surface area (Å²) >= 11 is 0. The zero-order valence-electron chi connectivity index (χ0n) is 16.2. The number of aryl methyl sites for hydroxylation is 2. The second-order valence-electron chi connectivity index (χ2n) is 7.83. The smallest absolute Gasteiger partial charge is 0.309 e. The molecule has 1 aliphatic carbocycles. The van der Waals surface area contributed by atoms with Gasteiger partial charge in [-0.25, -0.2) is 9.97 Å². The van der Waals surface area contributed by atoms with Crippen LogP contribution in [-0.2, 0) is 22.5 Å². The number of methoxy groups -OCH3 is 1. The number of benzene rings is 1. The number of pyridine rings is 1. The summed E-state index contributed by atoms with van der Waals surface area (Å²) in [5.74, 6) is 0.232. The first-order valence-corrected chi connectivity index (χ1v) is 9.87. The van der Waals surface area contributed by atoms with Crippen LogP contribution in [0, 0.1) is 17.8 Å². The first-order chi connectivity index (χ1) is 14.2. The van der Waals surface area contributed by atoms with Crippen molar-refractivity contribution in [1.29, 1.82) is 0 Å². The first kappa shape index (κ1) is 17.8. The Balaban J connectivity index is 1.26. The molecule has 2 aliphatic rings. The molecule has 1 saturated heterocycles. The Morgan fingerprint density at radius 2 is 1.90 bits per heavy atom. The van der Waals surface area contributed by atoms with Gasteiger partial charge in [0, 0.05) is 25.8 Å². The number of carbonyl (C=O) groups is 2. The zero-order chi connectivity index (χ0) is 20.0. The minimum atomic E-state index is -0.156. The maximum Gasteiger partial charge on any atom is 0.309 e. The van der Waals surface area contributed by atoms with E-state index in [0.717, 1.165) is 24.1 Å². The summed E-state index contributed by atoms with van der Waals surface area (Å²) in [5.41, 5.74) is 3.31. The zero-order valence-corrected chi connectivity index (χ0v) is 16.2. The fraction of sp³-hybridized carbons (Fsp3) is 0.364. The van der Waals surface area contributed by atoms with Crippen LogP contribution < -0.4 is 0 Å². The molecule has 1 amide bonds. The average molecular weight is 390 g/mol. The number of aromatic nitrogens is 3. The van der Waals surface area contributed by atoms with E-state index in [1.807, 2.05) is 33.7 Å². The van der Waals surface area contributed by atoms with Crippen LogP contribution >= 0.6 is 0 Å². The van der Waals surface area contributed by atoms with E-state index in [-0.39, 0.29) is 29.6 Å². The summed E-state index contributed by atoms with van der Waals surface area (Å²) in [6.45, 7) is 1.99. The summed E-state index contributed by atoms with van der Waals surface area (Å²) in [7, 11) is 1.42. The van der Waals surface area contributed by atoms with Gasteiger partial charge in [-0.1, -0.05) is 30.3 Å². The molecular formula is C22H22N4O3. The van der Waals surface area contributed by atoms with E-state index in [4.69, 9.17) is 4.74 Å². The van der Waals surface area contributed by atoms with Crippen LogP contribution in [0.15, 0.2) is 48.9 Å². The molecule has 0 radical (unpaired) electrons. The molecule has 29 heavy (non-hydrogen) atoms. The van der Waals surface area contributed by atoms with Gasteiger partial charge in [-0.2, -0.15) is 0 Å². The third kappa shape index (κ3) is 3.16. The van der Waals surface area contributed by atoms with E-state index < -0.39 is 0 Å². The number of nitrogens with zero attached hydrogens (tertiary/aromatic N) is 4. The number of rotatable bonds is 5. The molecule has 0 N–H and O–H groups in total. The molecule has 0 spiro atoms. The van der Waals surface area contributed by atoms with Crippen LogP contribution in [-0.4, -0.2) is 51.5 Å². The lowest BCUT2D eigenvalue weighted by Crippen LogP contribution is -2.32. The molecule has 1 aliphatic heterocycles. The lowest BCUT2D eigenvalue weighted by Gasteiger charge is -2.19. The Labute approximate surface area is 168 Å². The van der Waals surface area contributed by atoms with Crippen LogP contribution in [0.2, 0.25) is 0 Å². The van der Waals surface area contributed by atoms with Gasteiger partial charge in [0.1, 0.15) is 5.52 Å². The van der Waals surface area contributed by atoms with E-state index in [0.29, 0.717) is 18.7 Å². The standard InChI is InChI=1S/C22H22N4O3/c1-29-22(28)19-16-11-26(12-17(16)19)21(27)15-9-18-20(23-10-15)25(13-24-18)8-7-14-5-3-2-4-6-14/h2-6,9-10,13,16-17,19H,7-8,11-12H2,1H3/t16-,17+,19?. The van der Waals surface area contributed by atoms with Crippen LogP contribution in [0.5, 0.6) is 0 Å². The highest BCUT2D eigenvalue weighted by Gasteiger charge is 2.61. The van der Waals surface area contributed by atoms with Crippen molar-refractivity contribution in [1.82, 2.24) is 19.4 Å². The number of esters is 1. The van der Waals surface area contributed by atoms with Crippen LogP contribution in [0.25, 0.3) is 11.2 Å². The maximum atomic E-state index is 12.9. The molecule has 1 saturated carbocycles. The van der Waals surface area contributed by atoms with Crippen molar-refractivity contribution in [2.24, 2.45) is 17.8 Å². The second kappa shape index (κ2) is 6.99. The Hall–Kier alpha value is -3.22. The molecular weight excluding hydrogens is 368 g/mol. The molecule has 5 rings (SSSR count). The van der Waals surface area contributed by atoms with E-state index in [1.54, 1.807) is 12.5 Å². The van der Waals surface area contributed by atoms with Crippen LogP contribution in [0.1, 0.15) is 15.9 Å². The van der Waals surface area contributed by atoms with Gasteiger partial charge in [-0.15, -0.1) is 0 Å². The number of likely N-dealkylation sites (tertiary alicyclic amines) is 1. The van der Waals surface area contributed by atoms with Gasteiger partial charge < -0.3 is 14.2 Å². The number of hydrogen-bond acceptors (Lipinski definition) is 5. The molecule has 2 fully saturated rings. The summed E-state index contributed by atoms with van der Waals surface area (Å²) in [4.78, 5) is 35.3. The number of ether oxygens (including phenoxy) is 1. The highest BCUT2D eigenvalue weighted by Crippen LogP contribution is 2.52. The second-order valence-corrected chi connectivity index (χ2v) is 7.83.